The van der Waals surface area contributed by atoms with E-state index in [1.54, 1.807) is 7.11 Å². The van der Waals surface area contributed by atoms with E-state index in [1.165, 1.54) is 32.1 Å². The van der Waals surface area contributed by atoms with Gasteiger partial charge >= 0.3 is 0 Å². The van der Waals surface area contributed by atoms with Crippen LogP contribution in [0.5, 0.6) is 5.75 Å². The number of hydrogen-bond acceptors (Lipinski definition) is 3. The van der Waals surface area contributed by atoms with Crippen LogP contribution in [0, 0.1) is 5.92 Å². The molecule has 1 saturated carbocycles. The Morgan fingerprint density at radius 1 is 1.17 bits per heavy atom. The van der Waals surface area contributed by atoms with Crippen molar-refractivity contribution in [2.45, 2.75) is 38.6 Å². The second kappa shape index (κ2) is 8.92. The first-order chi connectivity index (χ1) is 11.1. The molecule has 2 rings (SSSR count). The molecule has 4 nitrogen and oxygen atoms in total. The van der Waals surface area contributed by atoms with Crippen LogP contribution in [0.2, 0.25) is 0 Å². The summed E-state index contributed by atoms with van der Waals surface area (Å²) in [6.07, 6.45) is 6.54. The number of ether oxygens (including phenoxy) is 1. The quantitative estimate of drug-likeness (QED) is 0.774. The van der Waals surface area contributed by atoms with Crippen molar-refractivity contribution >= 4 is 5.91 Å². The van der Waals surface area contributed by atoms with Crippen LogP contribution in [0.4, 0.5) is 0 Å². The second-order valence-electron chi connectivity index (χ2n) is 6.76. The largest absolute Gasteiger partial charge is 0.496 e. The monoisotopic (exact) mass is 318 g/mol. The first kappa shape index (κ1) is 17.8. The molecule has 0 heterocycles. The molecule has 23 heavy (non-hydrogen) atoms. The van der Waals surface area contributed by atoms with Gasteiger partial charge in [0, 0.05) is 25.7 Å². The van der Waals surface area contributed by atoms with Gasteiger partial charge in [-0.15, -0.1) is 0 Å². The molecule has 1 amide bonds. The molecule has 0 saturated heterocycles. The number of carbonyl (C=O) groups excluding carboxylic acids is 1. The molecule has 1 aromatic carbocycles. The van der Waals surface area contributed by atoms with Crippen LogP contribution in [-0.2, 0) is 11.3 Å². The third-order valence-corrected chi connectivity index (χ3v) is 4.72. The van der Waals surface area contributed by atoms with E-state index in [9.17, 15) is 4.79 Å². The van der Waals surface area contributed by atoms with Gasteiger partial charge in [-0.05, 0) is 31.9 Å². The number of rotatable bonds is 7. The lowest BCUT2D eigenvalue weighted by atomic mass is 9.89. The van der Waals surface area contributed by atoms with Gasteiger partial charge in [-0.25, -0.2) is 0 Å². The van der Waals surface area contributed by atoms with E-state index in [-0.39, 0.29) is 5.91 Å². The van der Waals surface area contributed by atoms with Gasteiger partial charge in [0.15, 0.2) is 0 Å². The molecule has 1 aromatic rings. The molecular weight excluding hydrogens is 288 g/mol. The number of amides is 1. The van der Waals surface area contributed by atoms with Gasteiger partial charge in [-0.3, -0.25) is 9.69 Å². The van der Waals surface area contributed by atoms with E-state index in [4.69, 9.17) is 4.74 Å². The smallest absolute Gasteiger partial charge is 0.236 e. The maximum absolute atomic E-state index is 12.4. The molecule has 1 aliphatic rings. The van der Waals surface area contributed by atoms with Crippen molar-refractivity contribution in [2.75, 3.05) is 34.3 Å². The minimum absolute atomic E-state index is 0.202. The van der Waals surface area contributed by atoms with E-state index in [2.05, 4.69) is 4.90 Å². The highest BCUT2D eigenvalue weighted by Gasteiger charge is 2.19. The van der Waals surface area contributed by atoms with Crippen molar-refractivity contribution in [1.29, 1.82) is 0 Å². The normalized spacial score (nSPS) is 15.7. The molecule has 0 bridgehead atoms. The fourth-order valence-corrected chi connectivity index (χ4v) is 3.39. The Balaban J connectivity index is 1.81. The third kappa shape index (κ3) is 5.54. The van der Waals surface area contributed by atoms with Crippen molar-refractivity contribution in [1.82, 2.24) is 9.80 Å². The van der Waals surface area contributed by atoms with E-state index in [1.807, 2.05) is 43.3 Å². The predicted octanol–water partition coefficient (Wildman–Crippen LogP) is 3.17. The molecule has 128 valence electrons. The number of nitrogens with zero attached hydrogens (tertiary/aromatic N) is 2. The van der Waals surface area contributed by atoms with Gasteiger partial charge in [-0.2, -0.15) is 0 Å². The van der Waals surface area contributed by atoms with Crippen molar-refractivity contribution in [2.24, 2.45) is 5.92 Å². The van der Waals surface area contributed by atoms with E-state index < -0.39 is 0 Å². The number of carbonyl (C=O) groups is 1. The van der Waals surface area contributed by atoms with Crippen molar-refractivity contribution in [3.8, 4) is 5.75 Å². The molecular formula is C19H30N2O2. The van der Waals surface area contributed by atoms with Crippen LogP contribution < -0.4 is 4.74 Å². The van der Waals surface area contributed by atoms with Crippen LogP contribution in [0.15, 0.2) is 24.3 Å². The Labute approximate surface area is 140 Å². The van der Waals surface area contributed by atoms with Gasteiger partial charge in [-0.1, -0.05) is 37.5 Å². The van der Waals surface area contributed by atoms with Crippen molar-refractivity contribution in [3.63, 3.8) is 0 Å². The zero-order chi connectivity index (χ0) is 16.7. The Morgan fingerprint density at radius 3 is 2.57 bits per heavy atom. The van der Waals surface area contributed by atoms with Gasteiger partial charge < -0.3 is 9.64 Å². The summed E-state index contributed by atoms with van der Waals surface area (Å²) in [6.45, 7) is 2.07. The van der Waals surface area contributed by atoms with Crippen LogP contribution in [0.1, 0.15) is 37.7 Å². The summed E-state index contributed by atoms with van der Waals surface area (Å²) in [5.41, 5.74) is 1.11. The topological polar surface area (TPSA) is 32.8 Å². The van der Waals surface area contributed by atoms with Crippen LogP contribution in [0.3, 0.4) is 0 Å². The van der Waals surface area contributed by atoms with Gasteiger partial charge in [0.2, 0.25) is 5.91 Å². The molecule has 0 N–H and O–H groups in total. The SMILES string of the molecule is COc1ccccc1CN(C)CC(=O)N(C)CC1CCCCC1. The third-order valence-electron chi connectivity index (χ3n) is 4.72. The Morgan fingerprint density at radius 2 is 1.87 bits per heavy atom. The highest BCUT2D eigenvalue weighted by atomic mass is 16.5. The van der Waals surface area contributed by atoms with Crippen LogP contribution >= 0.6 is 0 Å². The molecule has 0 atom stereocenters. The number of benzene rings is 1. The summed E-state index contributed by atoms with van der Waals surface area (Å²) in [7, 11) is 5.61. The lowest BCUT2D eigenvalue weighted by Gasteiger charge is -2.28. The maximum Gasteiger partial charge on any atom is 0.236 e. The first-order valence-electron chi connectivity index (χ1n) is 8.64. The number of methoxy groups -OCH3 is 1. The zero-order valence-electron chi connectivity index (χ0n) is 14.8. The van der Waals surface area contributed by atoms with E-state index in [0.29, 0.717) is 19.0 Å². The molecule has 1 fully saturated rings. The molecule has 0 aromatic heterocycles. The van der Waals surface area contributed by atoms with Crippen LogP contribution in [0.25, 0.3) is 0 Å². The van der Waals surface area contributed by atoms with Crippen LogP contribution in [-0.4, -0.2) is 50.0 Å². The molecule has 0 radical (unpaired) electrons. The van der Waals surface area contributed by atoms with Gasteiger partial charge in [0.25, 0.3) is 0 Å². The Hall–Kier alpha value is -1.55. The summed E-state index contributed by atoms with van der Waals surface area (Å²) in [4.78, 5) is 16.4. The fourth-order valence-electron chi connectivity index (χ4n) is 3.39. The summed E-state index contributed by atoms with van der Waals surface area (Å²) in [5, 5.41) is 0. The molecule has 0 aliphatic heterocycles. The van der Waals surface area contributed by atoms with E-state index in [0.717, 1.165) is 17.9 Å². The van der Waals surface area contributed by atoms with Crippen molar-refractivity contribution < 1.29 is 9.53 Å². The minimum atomic E-state index is 0.202. The Kier molecular flexibility index (Phi) is 6.90. The summed E-state index contributed by atoms with van der Waals surface area (Å²) in [6, 6.07) is 7.97. The van der Waals surface area contributed by atoms with Gasteiger partial charge in [0.1, 0.15) is 5.75 Å². The number of likely N-dealkylation sites (N-methyl/N-ethyl adjacent to an activating group) is 2. The highest BCUT2D eigenvalue weighted by Crippen LogP contribution is 2.24. The summed E-state index contributed by atoms with van der Waals surface area (Å²) < 4.78 is 5.38. The summed E-state index contributed by atoms with van der Waals surface area (Å²) >= 11 is 0. The average Bonchev–Trinajstić information content (AvgIpc) is 2.56. The molecule has 4 heteroatoms. The maximum atomic E-state index is 12.4. The number of hydrogen-bond donors (Lipinski definition) is 0. The van der Waals surface area contributed by atoms with Gasteiger partial charge in [0.05, 0.1) is 13.7 Å². The van der Waals surface area contributed by atoms with E-state index >= 15 is 0 Å². The fraction of sp³-hybridized carbons (Fsp3) is 0.632. The second-order valence-corrected chi connectivity index (χ2v) is 6.76. The number of para-hydroxylation sites is 1. The molecule has 1 aliphatic carbocycles. The standard InChI is InChI=1S/C19H30N2O2/c1-20(14-17-11-7-8-12-18(17)23-3)15-19(22)21(2)13-16-9-5-4-6-10-16/h7-8,11-12,16H,4-6,9-10,13-15H2,1-3H3. The zero-order valence-corrected chi connectivity index (χ0v) is 14.8. The lowest BCUT2D eigenvalue weighted by Crippen LogP contribution is -2.39. The molecule has 0 spiro atoms. The van der Waals surface area contributed by atoms with Crippen molar-refractivity contribution in [3.05, 3.63) is 29.8 Å². The summed E-state index contributed by atoms with van der Waals surface area (Å²) in [5.74, 6) is 1.77. The minimum Gasteiger partial charge on any atom is -0.496 e. The highest BCUT2D eigenvalue weighted by molar-refractivity contribution is 5.77. The average molecular weight is 318 g/mol. The Bertz CT molecular complexity index is 498. The first-order valence-corrected chi connectivity index (χ1v) is 8.64. The lowest BCUT2D eigenvalue weighted by molar-refractivity contribution is -0.131. The molecule has 0 unspecified atom stereocenters. The predicted molar refractivity (Wildman–Crippen MR) is 93.5 cm³/mol.